The standard InChI is InChI=1S/C11H13N5O3S/c17-20(18)5-2-8(7-20)14-6-9-15-11(16-19-9)10-12-3-1-4-13-10/h1,3-4,8,14H,2,5-7H2. The number of sulfone groups is 1. The van der Waals surface area contributed by atoms with E-state index in [0.29, 0.717) is 30.5 Å². The lowest BCUT2D eigenvalue weighted by atomic mass is 10.3. The minimum Gasteiger partial charge on any atom is -0.337 e. The zero-order valence-corrected chi connectivity index (χ0v) is 11.4. The second-order valence-corrected chi connectivity index (χ2v) is 6.79. The number of hydrogen-bond acceptors (Lipinski definition) is 8. The minimum absolute atomic E-state index is 0.0525. The van der Waals surface area contributed by atoms with E-state index in [2.05, 4.69) is 25.4 Å². The first kappa shape index (κ1) is 13.1. The Morgan fingerprint density at radius 1 is 1.30 bits per heavy atom. The summed E-state index contributed by atoms with van der Waals surface area (Å²) in [6, 6.07) is 1.65. The third-order valence-electron chi connectivity index (χ3n) is 3.01. The van der Waals surface area contributed by atoms with E-state index in [0.717, 1.165) is 0 Å². The first-order chi connectivity index (χ1) is 9.62. The summed E-state index contributed by atoms with van der Waals surface area (Å²) in [7, 11) is -2.89. The van der Waals surface area contributed by atoms with Gasteiger partial charge in [0.2, 0.25) is 17.5 Å². The third-order valence-corrected chi connectivity index (χ3v) is 4.78. The normalized spacial score (nSPS) is 21.1. The van der Waals surface area contributed by atoms with Gasteiger partial charge < -0.3 is 9.84 Å². The van der Waals surface area contributed by atoms with Crippen molar-refractivity contribution >= 4 is 9.84 Å². The van der Waals surface area contributed by atoms with Crippen LogP contribution in [-0.2, 0) is 16.4 Å². The molecule has 1 atom stereocenters. The van der Waals surface area contributed by atoms with E-state index in [9.17, 15) is 8.42 Å². The smallest absolute Gasteiger partial charge is 0.241 e. The van der Waals surface area contributed by atoms with Gasteiger partial charge in [-0.3, -0.25) is 0 Å². The van der Waals surface area contributed by atoms with Gasteiger partial charge in [-0.25, -0.2) is 18.4 Å². The fraction of sp³-hybridized carbons (Fsp3) is 0.455. The van der Waals surface area contributed by atoms with E-state index >= 15 is 0 Å². The molecule has 3 heterocycles. The summed E-state index contributed by atoms with van der Waals surface area (Å²) in [5, 5.41) is 6.89. The highest BCUT2D eigenvalue weighted by Gasteiger charge is 2.27. The van der Waals surface area contributed by atoms with Crippen molar-refractivity contribution in [2.45, 2.75) is 19.0 Å². The number of nitrogens with zero attached hydrogens (tertiary/aromatic N) is 4. The molecule has 1 unspecified atom stereocenters. The van der Waals surface area contributed by atoms with Crippen LogP contribution in [0.25, 0.3) is 11.6 Å². The largest absolute Gasteiger partial charge is 0.337 e. The molecule has 1 aliphatic rings. The summed E-state index contributed by atoms with van der Waals surface area (Å²) in [5.41, 5.74) is 0. The van der Waals surface area contributed by atoms with Crippen LogP contribution < -0.4 is 5.32 Å². The van der Waals surface area contributed by atoms with Crippen molar-refractivity contribution in [3.8, 4) is 11.6 Å². The van der Waals surface area contributed by atoms with Gasteiger partial charge in [-0.15, -0.1) is 0 Å². The maximum Gasteiger partial charge on any atom is 0.241 e. The fourth-order valence-electron chi connectivity index (χ4n) is 2.02. The molecule has 1 N–H and O–H groups in total. The van der Waals surface area contributed by atoms with Gasteiger partial charge in [0.25, 0.3) is 0 Å². The van der Waals surface area contributed by atoms with Crippen molar-refractivity contribution < 1.29 is 12.9 Å². The molecule has 0 radical (unpaired) electrons. The molecule has 1 fully saturated rings. The molecule has 2 aromatic rings. The number of nitrogens with one attached hydrogen (secondary N) is 1. The Morgan fingerprint density at radius 3 is 2.80 bits per heavy atom. The number of aromatic nitrogens is 4. The molecular formula is C11H13N5O3S. The predicted molar refractivity (Wildman–Crippen MR) is 69.2 cm³/mol. The Kier molecular flexibility index (Phi) is 3.45. The Hall–Kier alpha value is -1.87. The molecule has 0 amide bonds. The van der Waals surface area contributed by atoms with Crippen molar-refractivity contribution in [3.05, 3.63) is 24.4 Å². The lowest BCUT2D eigenvalue weighted by molar-refractivity contribution is 0.360. The molecule has 1 aliphatic heterocycles. The van der Waals surface area contributed by atoms with Crippen molar-refractivity contribution in [2.75, 3.05) is 11.5 Å². The van der Waals surface area contributed by atoms with Crippen molar-refractivity contribution in [2.24, 2.45) is 0 Å². The van der Waals surface area contributed by atoms with E-state index < -0.39 is 9.84 Å². The van der Waals surface area contributed by atoms with Gasteiger partial charge in [-0.05, 0) is 12.5 Å². The molecule has 0 saturated carbocycles. The molecule has 0 bridgehead atoms. The fourth-order valence-corrected chi connectivity index (χ4v) is 3.73. The second-order valence-electron chi connectivity index (χ2n) is 4.56. The van der Waals surface area contributed by atoms with Crippen LogP contribution in [0.5, 0.6) is 0 Å². The maximum absolute atomic E-state index is 11.3. The second kappa shape index (κ2) is 5.25. The summed E-state index contributed by atoms with van der Waals surface area (Å²) >= 11 is 0. The Labute approximate surface area is 115 Å². The van der Waals surface area contributed by atoms with Crippen LogP contribution in [0.15, 0.2) is 23.0 Å². The van der Waals surface area contributed by atoms with E-state index in [4.69, 9.17) is 4.52 Å². The Bertz CT molecular complexity index is 685. The molecule has 20 heavy (non-hydrogen) atoms. The van der Waals surface area contributed by atoms with Gasteiger partial charge in [0.1, 0.15) is 0 Å². The topological polar surface area (TPSA) is 111 Å². The Morgan fingerprint density at radius 2 is 2.10 bits per heavy atom. The van der Waals surface area contributed by atoms with Gasteiger partial charge in [-0.1, -0.05) is 5.16 Å². The van der Waals surface area contributed by atoms with Crippen LogP contribution in [0.2, 0.25) is 0 Å². The maximum atomic E-state index is 11.3. The molecule has 1 saturated heterocycles. The molecule has 3 rings (SSSR count). The SMILES string of the molecule is O=S1(=O)CCC(NCc2nc(-c3ncccn3)no2)C1. The highest BCUT2D eigenvalue weighted by Crippen LogP contribution is 2.13. The van der Waals surface area contributed by atoms with E-state index in [1.807, 2.05) is 0 Å². The highest BCUT2D eigenvalue weighted by atomic mass is 32.2. The van der Waals surface area contributed by atoms with E-state index in [1.54, 1.807) is 18.5 Å². The molecule has 106 valence electrons. The molecule has 9 heteroatoms. The number of hydrogen-bond donors (Lipinski definition) is 1. The van der Waals surface area contributed by atoms with Crippen LogP contribution in [0, 0.1) is 0 Å². The quantitative estimate of drug-likeness (QED) is 0.825. The van der Waals surface area contributed by atoms with Gasteiger partial charge >= 0.3 is 0 Å². The zero-order chi connectivity index (χ0) is 14.0. The van der Waals surface area contributed by atoms with Crippen molar-refractivity contribution in [1.82, 2.24) is 25.4 Å². The Balaban J connectivity index is 1.61. The summed E-state index contributed by atoms with van der Waals surface area (Å²) in [6.45, 7) is 0.333. The summed E-state index contributed by atoms with van der Waals surface area (Å²) < 4.78 is 27.7. The molecule has 0 spiro atoms. The van der Waals surface area contributed by atoms with E-state index in [-0.39, 0.29) is 17.5 Å². The first-order valence-electron chi connectivity index (χ1n) is 6.16. The molecule has 0 aromatic carbocycles. The van der Waals surface area contributed by atoms with Gasteiger partial charge in [0.05, 0.1) is 18.1 Å². The molecular weight excluding hydrogens is 282 g/mol. The summed E-state index contributed by atoms with van der Waals surface area (Å²) in [6.07, 6.45) is 3.81. The monoisotopic (exact) mass is 295 g/mol. The average molecular weight is 295 g/mol. The van der Waals surface area contributed by atoms with Crippen LogP contribution in [-0.4, -0.2) is 46.1 Å². The average Bonchev–Trinajstić information content (AvgIpc) is 3.04. The minimum atomic E-state index is -2.89. The van der Waals surface area contributed by atoms with Crippen LogP contribution in [0.3, 0.4) is 0 Å². The van der Waals surface area contributed by atoms with Gasteiger partial charge in [0.15, 0.2) is 9.84 Å². The lowest BCUT2D eigenvalue weighted by Gasteiger charge is -2.06. The zero-order valence-electron chi connectivity index (χ0n) is 10.6. The third kappa shape index (κ3) is 2.99. The number of rotatable bonds is 4. The highest BCUT2D eigenvalue weighted by molar-refractivity contribution is 7.91. The van der Waals surface area contributed by atoms with Crippen LogP contribution >= 0.6 is 0 Å². The predicted octanol–water partition coefficient (Wildman–Crippen LogP) is -0.197. The van der Waals surface area contributed by atoms with Gasteiger partial charge in [0, 0.05) is 18.4 Å². The molecule has 8 nitrogen and oxygen atoms in total. The van der Waals surface area contributed by atoms with Crippen LogP contribution in [0.1, 0.15) is 12.3 Å². The molecule has 2 aromatic heterocycles. The van der Waals surface area contributed by atoms with Crippen molar-refractivity contribution in [3.63, 3.8) is 0 Å². The molecule has 0 aliphatic carbocycles. The van der Waals surface area contributed by atoms with E-state index in [1.165, 1.54) is 0 Å². The first-order valence-corrected chi connectivity index (χ1v) is 7.98. The van der Waals surface area contributed by atoms with Crippen molar-refractivity contribution in [1.29, 1.82) is 0 Å². The van der Waals surface area contributed by atoms with Crippen LogP contribution in [0.4, 0.5) is 0 Å². The van der Waals surface area contributed by atoms with Gasteiger partial charge in [-0.2, -0.15) is 4.98 Å². The lowest BCUT2D eigenvalue weighted by Crippen LogP contribution is -2.29. The summed E-state index contributed by atoms with van der Waals surface area (Å²) in [5.74, 6) is 1.50. The summed E-state index contributed by atoms with van der Waals surface area (Å²) in [4.78, 5) is 12.2.